The van der Waals surface area contributed by atoms with E-state index in [0.717, 1.165) is 23.0 Å². The van der Waals surface area contributed by atoms with Gasteiger partial charge < -0.3 is 10.1 Å². The summed E-state index contributed by atoms with van der Waals surface area (Å²) >= 11 is 8.10. The molecule has 112 valence electrons. The maximum Gasteiger partial charge on any atom is 0.0587 e. The van der Waals surface area contributed by atoms with Crippen LogP contribution in [0.15, 0.2) is 52.3 Å². The van der Waals surface area contributed by atoms with Crippen LogP contribution in [0.4, 0.5) is 0 Å². The summed E-state index contributed by atoms with van der Waals surface area (Å²) < 4.78 is 5.05. The van der Waals surface area contributed by atoms with Gasteiger partial charge in [0, 0.05) is 30.0 Å². The van der Waals surface area contributed by atoms with Gasteiger partial charge in [-0.1, -0.05) is 53.2 Å². The average molecular weight is 322 g/mol. The molecule has 2 nitrogen and oxygen atoms in total. The molecule has 0 fully saturated rings. The maximum atomic E-state index is 6.39. The average Bonchev–Trinajstić information content (AvgIpc) is 2.47. The number of hydrogen-bond acceptors (Lipinski definition) is 3. The number of halogens is 1. The number of hydrogen-bond donors (Lipinski definition) is 1. The Kier molecular flexibility index (Phi) is 6.58. The molecule has 2 aromatic rings. The van der Waals surface area contributed by atoms with Crippen LogP contribution in [0.5, 0.6) is 0 Å². The zero-order chi connectivity index (χ0) is 15.1. The molecule has 0 atom stereocenters. The summed E-state index contributed by atoms with van der Waals surface area (Å²) in [5.74, 6) is 0. The Bertz CT molecular complexity index is 589. The SMILES string of the molecule is COCCNCc1cccc(Cl)c1Sc1cccc(C)c1. The largest absolute Gasteiger partial charge is 0.383 e. The molecule has 0 saturated heterocycles. The van der Waals surface area contributed by atoms with E-state index in [1.807, 2.05) is 12.1 Å². The van der Waals surface area contributed by atoms with Crippen molar-refractivity contribution >= 4 is 23.4 Å². The van der Waals surface area contributed by atoms with Crippen LogP contribution in [0, 0.1) is 6.92 Å². The molecule has 4 heteroatoms. The molecule has 2 rings (SSSR count). The first kappa shape index (κ1) is 16.4. The van der Waals surface area contributed by atoms with Crippen LogP contribution in [-0.4, -0.2) is 20.3 Å². The smallest absolute Gasteiger partial charge is 0.0587 e. The van der Waals surface area contributed by atoms with E-state index in [1.165, 1.54) is 16.0 Å². The van der Waals surface area contributed by atoms with Gasteiger partial charge in [0.2, 0.25) is 0 Å². The fourth-order valence-electron chi connectivity index (χ4n) is 2.00. The number of aryl methyl sites for hydroxylation is 1. The molecule has 0 amide bonds. The van der Waals surface area contributed by atoms with Gasteiger partial charge in [0.25, 0.3) is 0 Å². The fourth-order valence-corrected chi connectivity index (χ4v) is 3.37. The lowest BCUT2D eigenvalue weighted by Crippen LogP contribution is -2.18. The third kappa shape index (κ3) is 5.04. The minimum Gasteiger partial charge on any atom is -0.383 e. The number of rotatable bonds is 7. The molecule has 0 aliphatic heterocycles. The summed E-state index contributed by atoms with van der Waals surface area (Å²) in [6.45, 7) is 4.43. The van der Waals surface area contributed by atoms with Crippen LogP contribution in [0.1, 0.15) is 11.1 Å². The Hall–Kier alpha value is -1.00. The van der Waals surface area contributed by atoms with Crippen molar-refractivity contribution in [1.29, 1.82) is 0 Å². The lowest BCUT2D eigenvalue weighted by atomic mass is 10.2. The van der Waals surface area contributed by atoms with Crippen molar-refractivity contribution in [3.63, 3.8) is 0 Å². The molecule has 0 aliphatic carbocycles. The van der Waals surface area contributed by atoms with Crippen LogP contribution in [-0.2, 0) is 11.3 Å². The van der Waals surface area contributed by atoms with Crippen LogP contribution >= 0.6 is 23.4 Å². The minimum atomic E-state index is 0.709. The van der Waals surface area contributed by atoms with Crippen molar-refractivity contribution in [2.45, 2.75) is 23.3 Å². The first-order valence-corrected chi connectivity index (χ1v) is 8.11. The van der Waals surface area contributed by atoms with Gasteiger partial charge in [-0.05, 0) is 30.7 Å². The van der Waals surface area contributed by atoms with Crippen LogP contribution < -0.4 is 5.32 Å². The lowest BCUT2D eigenvalue weighted by Gasteiger charge is -2.12. The van der Waals surface area contributed by atoms with Crippen molar-refractivity contribution in [3.05, 3.63) is 58.6 Å². The highest BCUT2D eigenvalue weighted by atomic mass is 35.5. The van der Waals surface area contributed by atoms with E-state index in [0.29, 0.717) is 6.61 Å². The van der Waals surface area contributed by atoms with E-state index >= 15 is 0 Å². The molecule has 0 bridgehead atoms. The lowest BCUT2D eigenvalue weighted by molar-refractivity contribution is 0.199. The van der Waals surface area contributed by atoms with Gasteiger partial charge >= 0.3 is 0 Å². The zero-order valence-corrected chi connectivity index (χ0v) is 13.9. The van der Waals surface area contributed by atoms with Gasteiger partial charge in [-0.3, -0.25) is 0 Å². The molecule has 0 radical (unpaired) electrons. The van der Waals surface area contributed by atoms with Gasteiger partial charge in [-0.25, -0.2) is 0 Å². The predicted molar refractivity (Wildman–Crippen MR) is 90.3 cm³/mol. The highest BCUT2D eigenvalue weighted by molar-refractivity contribution is 7.99. The normalized spacial score (nSPS) is 10.8. The van der Waals surface area contributed by atoms with Crippen molar-refractivity contribution in [1.82, 2.24) is 5.32 Å². The van der Waals surface area contributed by atoms with Gasteiger partial charge in [0.05, 0.1) is 11.6 Å². The first-order chi connectivity index (χ1) is 10.2. The second-order valence-electron chi connectivity index (χ2n) is 4.82. The highest BCUT2D eigenvalue weighted by Gasteiger charge is 2.09. The van der Waals surface area contributed by atoms with Crippen molar-refractivity contribution in [3.8, 4) is 0 Å². The molecule has 21 heavy (non-hydrogen) atoms. The van der Waals surface area contributed by atoms with E-state index < -0.39 is 0 Å². The predicted octanol–water partition coefficient (Wildman–Crippen LogP) is 4.54. The minimum absolute atomic E-state index is 0.709. The van der Waals surface area contributed by atoms with E-state index in [4.69, 9.17) is 16.3 Å². The molecular formula is C17H20ClNOS. The Morgan fingerprint density at radius 2 is 2.00 bits per heavy atom. The van der Waals surface area contributed by atoms with Gasteiger partial charge in [-0.2, -0.15) is 0 Å². The van der Waals surface area contributed by atoms with Crippen molar-refractivity contribution in [2.24, 2.45) is 0 Å². The van der Waals surface area contributed by atoms with Crippen LogP contribution in [0.25, 0.3) is 0 Å². The van der Waals surface area contributed by atoms with E-state index in [2.05, 4.69) is 42.6 Å². The summed E-state index contributed by atoms with van der Waals surface area (Å²) in [7, 11) is 1.71. The first-order valence-electron chi connectivity index (χ1n) is 6.92. The number of ether oxygens (including phenoxy) is 1. The zero-order valence-electron chi connectivity index (χ0n) is 12.4. The third-order valence-corrected chi connectivity index (χ3v) is 4.66. The molecule has 0 aromatic heterocycles. The van der Waals surface area contributed by atoms with E-state index in [1.54, 1.807) is 18.9 Å². The summed E-state index contributed by atoms with van der Waals surface area (Å²) in [5.41, 5.74) is 2.47. The van der Waals surface area contributed by atoms with Gasteiger partial charge in [0.15, 0.2) is 0 Å². The standard InChI is InChI=1S/C17H20ClNOS/c1-13-5-3-7-15(11-13)21-17-14(6-4-8-16(17)18)12-19-9-10-20-2/h3-8,11,19H,9-10,12H2,1-2H3. The van der Waals surface area contributed by atoms with Crippen LogP contribution in [0.2, 0.25) is 5.02 Å². The molecule has 0 saturated carbocycles. The molecule has 0 heterocycles. The Morgan fingerprint density at radius 1 is 1.19 bits per heavy atom. The van der Waals surface area contributed by atoms with Gasteiger partial charge in [-0.15, -0.1) is 0 Å². The Labute approximate surface area is 135 Å². The maximum absolute atomic E-state index is 6.39. The summed E-state index contributed by atoms with van der Waals surface area (Å²) in [5, 5.41) is 4.17. The molecule has 0 unspecified atom stereocenters. The fraction of sp³-hybridized carbons (Fsp3) is 0.294. The monoisotopic (exact) mass is 321 g/mol. The Balaban J connectivity index is 2.13. The number of nitrogens with one attached hydrogen (secondary N) is 1. The Morgan fingerprint density at radius 3 is 2.76 bits per heavy atom. The topological polar surface area (TPSA) is 21.3 Å². The van der Waals surface area contributed by atoms with Crippen molar-refractivity contribution in [2.75, 3.05) is 20.3 Å². The summed E-state index contributed by atoms with van der Waals surface area (Å²) in [4.78, 5) is 2.33. The van der Waals surface area contributed by atoms with Gasteiger partial charge in [0.1, 0.15) is 0 Å². The quantitative estimate of drug-likeness (QED) is 0.757. The van der Waals surface area contributed by atoms with E-state index in [9.17, 15) is 0 Å². The second kappa shape index (κ2) is 8.44. The number of methoxy groups -OCH3 is 1. The molecule has 1 N–H and O–H groups in total. The van der Waals surface area contributed by atoms with Crippen molar-refractivity contribution < 1.29 is 4.74 Å². The van der Waals surface area contributed by atoms with E-state index in [-0.39, 0.29) is 0 Å². The third-order valence-electron chi connectivity index (χ3n) is 3.06. The second-order valence-corrected chi connectivity index (χ2v) is 6.31. The molecule has 2 aromatic carbocycles. The highest BCUT2D eigenvalue weighted by Crippen LogP contribution is 2.36. The van der Waals surface area contributed by atoms with Crippen LogP contribution in [0.3, 0.4) is 0 Å². The molecule has 0 aliphatic rings. The number of benzene rings is 2. The molecule has 0 spiro atoms. The summed E-state index contributed by atoms with van der Waals surface area (Å²) in [6, 6.07) is 14.5. The molecular weight excluding hydrogens is 302 g/mol. The summed E-state index contributed by atoms with van der Waals surface area (Å²) in [6.07, 6.45) is 0.